The molecule has 0 bridgehead atoms. The molecule has 1 heterocycles. The number of halogens is 1. The fourth-order valence-corrected chi connectivity index (χ4v) is 3.56. The van der Waals surface area contributed by atoms with Crippen LogP contribution in [-0.4, -0.2) is 21.9 Å². The molecule has 29 heavy (non-hydrogen) atoms. The quantitative estimate of drug-likeness (QED) is 0.512. The number of carbonyl (C=O) groups excluding carboxylic acids is 1. The number of carbonyl (C=O) groups is 1. The summed E-state index contributed by atoms with van der Waals surface area (Å²) in [7, 11) is 0. The maximum absolute atomic E-state index is 12.2. The van der Waals surface area contributed by atoms with Crippen molar-refractivity contribution in [3.05, 3.63) is 70.1 Å². The molecular weight excluding hydrogens is 410 g/mol. The van der Waals surface area contributed by atoms with Gasteiger partial charge in [-0.05, 0) is 49.6 Å². The number of nitrogens with zero attached hydrogens (tertiary/aromatic N) is 2. The van der Waals surface area contributed by atoms with Crippen molar-refractivity contribution in [3.63, 3.8) is 0 Å². The molecule has 0 saturated heterocycles. The Kier molecular flexibility index (Phi) is 7.17. The molecule has 1 unspecified atom stereocenters. The lowest BCUT2D eigenvalue weighted by Gasteiger charge is -2.15. The number of ether oxygens (including phenoxy) is 1. The molecule has 0 aliphatic heterocycles. The molecule has 0 saturated carbocycles. The molecule has 0 fully saturated rings. The molecule has 0 aliphatic carbocycles. The molecule has 1 aromatic heterocycles. The first kappa shape index (κ1) is 21.2. The molecule has 3 aromatic rings. The van der Waals surface area contributed by atoms with Crippen LogP contribution in [0, 0.1) is 13.8 Å². The Bertz CT molecular complexity index is 993. The molecule has 6 nitrogen and oxygen atoms in total. The van der Waals surface area contributed by atoms with E-state index in [1.807, 2.05) is 57.2 Å². The van der Waals surface area contributed by atoms with E-state index in [-0.39, 0.29) is 24.3 Å². The van der Waals surface area contributed by atoms with Crippen LogP contribution >= 0.6 is 23.4 Å². The maximum Gasteiger partial charge on any atom is 0.277 e. The first-order valence-electron chi connectivity index (χ1n) is 9.11. The molecule has 2 aromatic carbocycles. The molecule has 1 N–H and O–H groups in total. The Hall–Kier alpha value is -2.51. The van der Waals surface area contributed by atoms with Gasteiger partial charge in [0.05, 0.1) is 11.8 Å². The minimum absolute atomic E-state index is 0.145. The van der Waals surface area contributed by atoms with Gasteiger partial charge in [-0.3, -0.25) is 4.79 Å². The van der Waals surface area contributed by atoms with Crippen LogP contribution in [-0.2, 0) is 11.4 Å². The predicted octanol–water partition coefficient (Wildman–Crippen LogP) is 4.89. The standard InChI is InChI=1S/C21H22ClN3O3S/c1-13-8-9-14(2)18(10-13)27-11-20-24-25-21(28-20)29-12-19(26)23-15(3)16-6-4-5-7-17(16)22/h4-10,15H,11-12H2,1-3H3,(H,23,26). The largest absolute Gasteiger partial charge is 0.484 e. The second-order valence-electron chi connectivity index (χ2n) is 6.62. The van der Waals surface area contributed by atoms with E-state index in [9.17, 15) is 4.79 Å². The van der Waals surface area contributed by atoms with Gasteiger partial charge in [0.15, 0.2) is 6.61 Å². The Morgan fingerprint density at radius 1 is 1.24 bits per heavy atom. The highest BCUT2D eigenvalue weighted by Gasteiger charge is 2.14. The van der Waals surface area contributed by atoms with E-state index in [1.54, 1.807) is 6.07 Å². The van der Waals surface area contributed by atoms with Crippen molar-refractivity contribution in [2.24, 2.45) is 0 Å². The van der Waals surface area contributed by atoms with Gasteiger partial charge in [-0.15, -0.1) is 10.2 Å². The van der Waals surface area contributed by atoms with Gasteiger partial charge in [0.2, 0.25) is 5.91 Å². The number of hydrogen-bond acceptors (Lipinski definition) is 6. The average Bonchev–Trinajstić information content (AvgIpc) is 3.15. The smallest absolute Gasteiger partial charge is 0.277 e. The second-order valence-corrected chi connectivity index (χ2v) is 7.95. The van der Waals surface area contributed by atoms with Gasteiger partial charge < -0.3 is 14.5 Å². The summed E-state index contributed by atoms with van der Waals surface area (Å²) in [6, 6.07) is 13.2. The van der Waals surface area contributed by atoms with E-state index in [0.717, 1.165) is 22.4 Å². The lowest BCUT2D eigenvalue weighted by atomic mass is 10.1. The molecule has 8 heteroatoms. The van der Waals surface area contributed by atoms with Crippen molar-refractivity contribution < 1.29 is 13.9 Å². The highest BCUT2D eigenvalue weighted by molar-refractivity contribution is 7.99. The van der Waals surface area contributed by atoms with E-state index in [0.29, 0.717) is 16.1 Å². The van der Waals surface area contributed by atoms with Crippen LogP contribution in [0.2, 0.25) is 5.02 Å². The third kappa shape index (κ3) is 5.98. The minimum atomic E-state index is -0.194. The van der Waals surface area contributed by atoms with E-state index in [1.165, 1.54) is 11.8 Å². The first-order chi connectivity index (χ1) is 13.9. The number of amides is 1. The third-order valence-electron chi connectivity index (χ3n) is 4.22. The van der Waals surface area contributed by atoms with Gasteiger partial charge in [0.1, 0.15) is 5.75 Å². The van der Waals surface area contributed by atoms with Crippen LogP contribution < -0.4 is 10.1 Å². The lowest BCUT2D eigenvalue weighted by molar-refractivity contribution is -0.119. The Balaban J connectivity index is 1.48. The van der Waals surface area contributed by atoms with Crippen molar-refractivity contribution in [2.45, 2.75) is 38.6 Å². The molecule has 1 amide bonds. The molecule has 0 aliphatic rings. The first-order valence-corrected chi connectivity index (χ1v) is 10.5. The molecule has 0 radical (unpaired) electrons. The molecule has 1 atom stereocenters. The zero-order valence-corrected chi connectivity index (χ0v) is 18.0. The Morgan fingerprint density at radius 3 is 2.83 bits per heavy atom. The van der Waals surface area contributed by atoms with Crippen LogP contribution in [0.15, 0.2) is 52.1 Å². The normalized spacial score (nSPS) is 11.9. The van der Waals surface area contributed by atoms with Crippen molar-refractivity contribution in [3.8, 4) is 5.75 Å². The number of rotatable bonds is 8. The zero-order valence-electron chi connectivity index (χ0n) is 16.4. The fourth-order valence-electron chi connectivity index (χ4n) is 2.67. The highest BCUT2D eigenvalue weighted by Crippen LogP contribution is 2.23. The van der Waals surface area contributed by atoms with Gasteiger partial charge in [0, 0.05) is 5.02 Å². The van der Waals surface area contributed by atoms with Gasteiger partial charge >= 0.3 is 0 Å². The summed E-state index contributed by atoms with van der Waals surface area (Å²) in [4.78, 5) is 12.2. The number of benzene rings is 2. The Labute approximate surface area is 179 Å². The monoisotopic (exact) mass is 431 g/mol. The van der Waals surface area contributed by atoms with Crippen LogP contribution in [0.1, 0.15) is 35.5 Å². The average molecular weight is 432 g/mol. The van der Waals surface area contributed by atoms with E-state index in [4.69, 9.17) is 20.8 Å². The second kappa shape index (κ2) is 9.80. The molecule has 152 valence electrons. The SMILES string of the molecule is Cc1ccc(C)c(OCc2nnc(SCC(=O)NC(C)c3ccccc3Cl)o2)c1. The van der Waals surface area contributed by atoms with E-state index >= 15 is 0 Å². The van der Waals surface area contributed by atoms with Crippen LogP contribution in [0.3, 0.4) is 0 Å². The number of hydrogen-bond donors (Lipinski definition) is 1. The van der Waals surface area contributed by atoms with Gasteiger partial charge in [0.25, 0.3) is 11.1 Å². The van der Waals surface area contributed by atoms with Crippen molar-refractivity contribution in [1.82, 2.24) is 15.5 Å². The van der Waals surface area contributed by atoms with Gasteiger partial charge in [-0.25, -0.2) is 0 Å². The summed E-state index contributed by atoms with van der Waals surface area (Å²) in [5, 5.41) is 11.8. The van der Waals surface area contributed by atoms with E-state index in [2.05, 4.69) is 15.5 Å². The van der Waals surface area contributed by atoms with Crippen molar-refractivity contribution in [1.29, 1.82) is 0 Å². The predicted molar refractivity (Wildman–Crippen MR) is 113 cm³/mol. The van der Waals surface area contributed by atoms with Crippen LogP contribution in [0.4, 0.5) is 0 Å². The highest BCUT2D eigenvalue weighted by atomic mass is 35.5. The van der Waals surface area contributed by atoms with Gasteiger partial charge in [-0.2, -0.15) is 0 Å². The number of nitrogens with one attached hydrogen (secondary N) is 1. The van der Waals surface area contributed by atoms with Gasteiger partial charge in [-0.1, -0.05) is 53.7 Å². The number of thioether (sulfide) groups is 1. The molecular formula is C21H22ClN3O3S. The number of aryl methyl sites for hydroxylation is 2. The summed E-state index contributed by atoms with van der Waals surface area (Å²) < 4.78 is 11.3. The third-order valence-corrected chi connectivity index (χ3v) is 5.38. The Morgan fingerprint density at radius 2 is 2.03 bits per heavy atom. The zero-order chi connectivity index (χ0) is 20.8. The molecule has 0 spiro atoms. The van der Waals surface area contributed by atoms with Crippen LogP contribution in [0.5, 0.6) is 5.75 Å². The summed E-state index contributed by atoms with van der Waals surface area (Å²) in [5.74, 6) is 1.16. The summed E-state index contributed by atoms with van der Waals surface area (Å²) in [6.07, 6.45) is 0. The summed E-state index contributed by atoms with van der Waals surface area (Å²) in [6.45, 7) is 6.05. The lowest BCUT2D eigenvalue weighted by Crippen LogP contribution is -2.28. The fraction of sp³-hybridized carbons (Fsp3) is 0.286. The van der Waals surface area contributed by atoms with Crippen molar-refractivity contribution >= 4 is 29.3 Å². The summed E-state index contributed by atoms with van der Waals surface area (Å²) >= 11 is 7.35. The number of aromatic nitrogens is 2. The van der Waals surface area contributed by atoms with E-state index < -0.39 is 0 Å². The maximum atomic E-state index is 12.2. The topological polar surface area (TPSA) is 77.2 Å². The minimum Gasteiger partial charge on any atom is -0.484 e. The van der Waals surface area contributed by atoms with Crippen molar-refractivity contribution in [2.75, 3.05) is 5.75 Å². The summed E-state index contributed by atoms with van der Waals surface area (Å²) in [5.41, 5.74) is 3.02. The van der Waals surface area contributed by atoms with Crippen LogP contribution in [0.25, 0.3) is 0 Å². The molecule has 3 rings (SSSR count).